The second-order valence-corrected chi connectivity index (χ2v) is 5.63. The van der Waals surface area contributed by atoms with E-state index in [0.29, 0.717) is 18.0 Å². The summed E-state index contributed by atoms with van der Waals surface area (Å²) in [5.74, 6) is 0.554. The van der Waals surface area contributed by atoms with E-state index in [2.05, 4.69) is 25.0 Å². The highest BCUT2D eigenvalue weighted by molar-refractivity contribution is 5.83. The number of hydrogen-bond donors (Lipinski definition) is 2. The first-order valence-corrected chi connectivity index (χ1v) is 7.57. The number of nitrogens with two attached hydrogens (primary N) is 1. The van der Waals surface area contributed by atoms with Crippen LogP contribution < -0.4 is 10.6 Å². The van der Waals surface area contributed by atoms with Crippen molar-refractivity contribution >= 4 is 22.9 Å². The maximum atomic E-state index is 13.0. The maximum Gasteiger partial charge on any atom is 0.224 e. The molecule has 126 valence electrons. The lowest BCUT2D eigenvalue weighted by atomic mass is 10.3. The van der Waals surface area contributed by atoms with Crippen molar-refractivity contribution in [3.05, 3.63) is 54.4 Å². The van der Waals surface area contributed by atoms with E-state index >= 15 is 0 Å². The minimum Gasteiger partial charge on any atom is -0.368 e. The highest BCUT2D eigenvalue weighted by Crippen LogP contribution is 2.22. The highest BCUT2D eigenvalue weighted by Gasteiger charge is 2.14. The molecule has 0 amide bonds. The Morgan fingerprint density at radius 3 is 2.84 bits per heavy atom. The van der Waals surface area contributed by atoms with Crippen LogP contribution in [0.15, 0.2) is 43.0 Å². The first kappa shape index (κ1) is 15.1. The molecule has 9 heteroatoms. The van der Waals surface area contributed by atoms with Gasteiger partial charge in [0.15, 0.2) is 11.5 Å². The highest BCUT2D eigenvalue weighted by atomic mass is 19.1. The molecule has 3 heterocycles. The van der Waals surface area contributed by atoms with Crippen molar-refractivity contribution in [1.29, 1.82) is 0 Å². The van der Waals surface area contributed by atoms with E-state index in [1.54, 1.807) is 29.3 Å². The number of halogens is 1. The Balaban J connectivity index is 1.59. The van der Waals surface area contributed by atoms with Crippen LogP contribution in [0, 0.1) is 5.82 Å². The van der Waals surface area contributed by atoms with Gasteiger partial charge in [0, 0.05) is 25.4 Å². The van der Waals surface area contributed by atoms with Crippen molar-refractivity contribution in [2.24, 2.45) is 0 Å². The Morgan fingerprint density at radius 2 is 2.04 bits per heavy atom. The Labute approximate surface area is 142 Å². The van der Waals surface area contributed by atoms with Gasteiger partial charge in [0.1, 0.15) is 11.3 Å². The lowest BCUT2D eigenvalue weighted by Gasteiger charge is -2.17. The van der Waals surface area contributed by atoms with Crippen LogP contribution in [-0.2, 0) is 6.54 Å². The topological polar surface area (TPSA) is 102 Å². The van der Waals surface area contributed by atoms with E-state index in [1.807, 2.05) is 18.1 Å². The molecule has 0 atom stereocenters. The average molecular weight is 338 g/mol. The minimum atomic E-state index is -0.277. The molecule has 0 fully saturated rings. The van der Waals surface area contributed by atoms with Crippen molar-refractivity contribution in [2.45, 2.75) is 6.54 Å². The number of nitrogen functional groups attached to an aromatic ring is 1. The minimum absolute atomic E-state index is 0.170. The molecule has 1 aromatic carbocycles. The van der Waals surface area contributed by atoms with Gasteiger partial charge < -0.3 is 15.6 Å². The summed E-state index contributed by atoms with van der Waals surface area (Å²) >= 11 is 0. The van der Waals surface area contributed by atoms with E-state index in [-0.39, 0.29) is 11.8 Å². The van der Waals surface area contributed by atoms with Gasteiger partial charge in [0.25, 0.3) is 0 Å². The lowest BCUT2D eigenvalue weighted by molar-refractivity contribution is 0.627. The number of nitrogens with one attached hydrogen (secondary N) is 1. The Kier molecular flexibility index (Phi) is 3.53. The third kappa shape index (κ3) is 2.87. The molecule has 0 spiro atoms. The molecule has 3 N–H and O–H groups in total. The van der Waals surface area contributed by atoms with Gasteiger partial charge in [0.2, 0.25) is 5.95 Å². The fourth-order valence-corrected chi connectivity index (χ4v) is 2.64. The molecule has 4 aromatic rings. The molecule has 0 radical (unpaired) electrons. The fraction of sp³-hybridized carbons (Fsp3) is 0.125. The number of fused-ring (bicyclic) bond motifs is 1. The Hall–Kier alpha value is -3.49. The molecular weight excluding hydrogens is 323 g/mol. The standard InChI is InChI=1S/C16H15FN8/c1-24(15-13-14(20-9-19-13)22-16(18)23-15)7-10-6-21-25(8-10)12-4-2-11(17)3-5-12/h2-6,8-9H,7H2,1H3,(H3,18,19,20,22,23). The normalized spacial score (nSPS) is 11.1. The number of nitrogens with zero attached hydrogens (tertiary/aromatic N) is 6. The van der Waals surface area contributed by atoms with Gasteiger partial charge in [-0.15, -0.1) is 0 Å². The van der Waals surface area contributed by atoms with Crippen LogP contribution in [-0.4, -0.2) is 36.8 Å². The Bertz CT molecular complexity index is 1020. The predicted octanol–water partition coefficient (Wildman–Crippen LogP) is 1.90. The zero-order valence-corrected chi connectivity index (χ0v) is 13.4. The number of aromatic amines is 1. The summed E-state index contributed by atoms with van der Waals surface area (Å²) in [5.41, 5.74) is 8.77. The van der Waals surface area contributed by atoms with Crippen molar-refractivity contribution in [3.8, 4) is 5.69 Å². The van der Waals surface area contributed by atoms with E-state index in [1.165, 1.54) is 12.1 Å². The maximum absolute atomic E-state index is 13.0. The van der Waals surface area contributed by atoms with Crippen LogP contribution >= 0.6 is 0 Å². The van der Waals surface area contributed by atoms with E-state index in [9.17, 15) is 4.39 Å². The number of hydrogen-bond acceptors (Lipinski definition) is 6. The summed E-state index contributed by atoms with van der Waals surface area (Å²) in [7, 11) is 1.90. The summed E-state index contributed by atoms with van der Waals surface area (Å²) in [4.78, 5) is 17.5. The molecule has 0 aliphatic heterocycles. The predicted molar refractivity (Wildman–Crippen MR) is 91.7 cm³/mol. The number of benzene rings is 1. The van der Waals surface area contributed by atoms with E-state index < -0.39 is 0 Å². The van der Waals surface area contributed by atoms with Gasteiger partial charge in [-0.3, -0.25) is 0 Å². The second-order valence-electron chi connectivity index (χ2n) is 5.63. The zero-order valence-electron chi connectivity index (χ0n) is 13.4. The molecular formula is C16H15FN8. The molecule has 3 aromatic heterocycles. The summed E-state index contributed by atoms with van der Waals surface area (Å²) < 4.78 is 14.7. The Morgan fingerprint density at radius 1 is 1.24 bits per heavy atom. The van der Waals surface area contributed by atoms with Crippen LogP contribution in [0.25, 0.3) is 16.9 Å². The number of aromatic nitrogens is 6. The first-order chi connectivity index (χ1) is 12.1. The summed E-state index contributed by atoms with van der Waals surface area (Å²) in [5, 5.41) is 4.32. The van der Waals surface area contributed by atoms with Gasteiger partial charge in [-0.05, 0) is 24.3 Å². The largest absolute Gasteiger partial charge is 0.368 e. The third-order valence-corrected chi connectivity index (χ3v) is 3.79. The molecule has 0 aliphatic carbocycles. The van der Waals surface area contributed by atoms with Crippen molar-refractivity contribution < 1.29 is 4.39 Å². The van der Waals surface area contributed by atoms with Gasteiger partial charge in [-0.2, -0.15) is 15.1 Å². The molecule has 4 rings (SSSR count). The summed E-state index contributed by atoms with van der Waals surface area (Å²) in [6, 6.07) is 6.16. The first-order valence-electron chi connectivity index (χ1n) is 7.57. The fourth-order valence-electron chi connectivity index (χ4n) is 2.64. The van der Waals surface area contributed by atoms with Crippen LogP contribution in [0.5, 0.6) is 0 Å². The second kappa shape index (κ2) is 5.86. The SMILES string of the molecule is CN(Cc1cnn(-c2ccc(F)cc2)c1)c1nc(N)nc2nc[nH]c12. The smallest absolute Gasteiger partial charge is 0.224 e. The van der Waals surface area contributed by atoms with Crippen LogP contribution in [0.1, 0.15) is 5.56 Å². The number of rotatable bonds is 4. The molecule has 0 aliphatic rings. The van der Waals surface area contributed by atoms with Crippen molar-refractivity contribution in [3.63, 3.8) is 0 Å². The molecule has 25 heavy (non-hydrogen) atoms. The molecule has 0 saturated carbocycles. The zero-order chi connectivity index (χ0) is 17.4. The lowest BCUT2D eigenvalue weighted by Crippen LogP contribution is -2.18. The number of imidazole rings is 1. The summed E-state index contributed by atoms with van der Waals surface area (Å²) in [6.07, 6.45) is 5.20. The number of H-pyrrole nitrogens is 1. The quantitative estimate of drug-likeness (QED) is 0.589. The summed E-state index contributed by atoms with van der Waals surface area (Å²) in [6.45, 7) is 0.561. The molecule has 0 bridgehead atoms. The molecule has 0 unspecified atom stereocenters. The van der Waals surface area contributed by atoms with Gasteiger partial charge in [-0.1, -0.05) is 0 Å². The number of anilines is 2. The van der Waals surface area contributed by atoms with Crippen molar-refractivity contribution in [2.75, 3.05) is 17.7 Å². The monoisotopic (exact) mass is 338 g/mol. The van der Waals surface area contributed by atoms with Gasteiger partial charge in [0.05, 0.1) is 18.2 Å². The van der Waals surface area contributed by atoms with Gasteiger partial charge >= 0.3 is 0 Å². The van der Waals surface area contributed by atoms with Crippen LogP contribution in [0.2, 0.25) is 0 Å². The molecule has 8 nitrogen and oxygen atoms in total. The average Bonchev–Trinajstić information content (AvgIpc) is 3.24. The van der Waals surface area contributed by atoms with E-state index in [0.717, 1.165) is 16.8 Å². The van der Waals surface area contributed by atoms with Crippen LogP contribution in [0.3, 0.4) is 0 Å². The molecule has 0 saturated heterocycles. The van der Waals surface area contributed by atoms with E-state index in [4.69, 9.17) is 5.73 Å². The third-order valence-electron chi connectivity index (χ3n) is 3.79. The van der Waals surface area contributed by atoms with Gasteiger partial charge in [-0.25, -0.2) is 14.1 Å². The van der Waals surface area contributed by atoms with Crippen LogP contribution in [0.4, 0.5) is 16.2 Å². The van der Waals surface area contributed by atoms with Crippen molar-refractivity contribution in [1.82, 2.24) is 29.7 Å².